The van der Waals surface area contributed by atoms with Crippen LogP contribution >= 0.6 is 35.6 Å². The average molecular weight is 429 g/mol. The Bertz CT molecular complexity index is 867. The maximum absolute atomic E-state index is 12.8. The summed E-state index contributed by atoms with van der Waals surface area (Å²) in [5.74, 6) is -0.279. The minimum Gasteiger partial charge on any atom is -0.450 e. The van der Waals surface area contributed by atoms with Crippen LogP contribution in [0.1, 0.15) is 39.0 Å². The highest BCUT2D eigenvalue weighted by atomic mass is 35.5. The smallest absolute Gasteiger partial charge is 0.339 e. The summed E-state index contributed by atoms with van der Waals surface area (Å²) in [6.45, 7) is 4.86. The molecule has 1 atom stereocenters. The summed E-state index contributed by atoms with van der Waals surface area (Å²) in [6.07, 6.45) is 1.30. The first-order valence-electron chi connectivity index (χ1n) is 8.65. The second-order valence-corrected chi connectivity index (χ2v) is 8.15. The van der Waals surface area contributed by atoms with Gasteiger partial charge in [0.15, 0.2) is 0 Å². The number of halogens is 3. The summed E-state index contributed by atoms with van der Waals surface area (Å²) in [4.78, 5) is 14.9. The minimum atomic E-state index is -0.746. The van der Waals surface area contributed by atoms with Crippen molar-refractivity contribution in [2.24, 2.45) is 0 Å². The van der Waals surface area contributed by atoms with Gasteiger partial charge in [-0.3, -0.25) is 0 Å². The summed E-state index contributed by atoms with van der Waals surface area (Å²) in [6, 6.07) is 9.52. The van der Waals surface area contributed by atoms with E-state index in [0.29, 0.717) is 28.5 Å². The largest absolute Gasteiger partial charge is 0.450 e. The molecule has 2 aromatic carbocycles. The van der Waals surface area contributed by atoms with Gasteiger partial charge in [-0.25, -0.2) is 4.79 Å². The van der Waals surface area contributed by atoms with Crippen molar-refractivity contribution in [2.45, 2.75) is 32.3 Å². The molecule has 1 heterocycles. The number of cyclic esters (lactones) is 1. The van der Waals surface area contributed by atoms with Crippen molar-refractivity contribution < 1.29 is 9.53 Å². The van der Waals surface area contributed by atoms with E-state index in [9.17, 15) is 4.79 Å². The molecule has 0 fully saturated rings. The number of aryl methyl sites for hydroxylation is 2. The number of hydrogen-bond acceptors (Lipinski definition) is 3. The van der Waals surface area contributed by atoms with Crippen LogP contribution in [0, 0.1) is 13.8 Å². The van der Waals surface area contributed by atoms with Crippen molar-refractivity contribution in [2.75, 3.05) is 20.6 Å². The first-order valence-corrected chi connectivity index (χ1v) is 9.41. The molecule has 0 saturated heterocycles. The van der Waals surface area contributed by atoms with Gasteiger partial charge in [0.1, 0.15) is 5.60 Å². The first-order chi connectivity index (χ1) is 12.2. The molecule has 0 bridgehead atoms. The third-order valence-corrected chi connectivity index (χ3v) is 5.85. The molecule has 0 aromatic heterocycles. The van der Waals surface area contributed by atoms with Crippen molar-refractivity contribution in [3.8, 4) is 0 Å². The van der Waals surface area contributed by atoms with Crippen molar-refractivity contribution in [1.82, 2.24) is 4.90 Å². The second kappa shape index (κ2) is 8.40. The highest BCUT2D eigenvalue weighted by molar-refractivity contribution is 6.42. The van der Waals surface area contributed by atoms with Crippen LogP contribution in [0.2, 0.25) is 10.0 Å². The van der Waals surface area contributed by atoms with Crippen LogP contribution < -0.4 is 0 Å². The quantitative estimate of drug-likeness (QED) is 0.594. The zero-order valence-corrected chi connectivity index (χ0v) is 18.3. The molecule has 3 rings (SSSR count). The van der Waals surface area contributed by atoms with E-state index in [4.69, 9.17) is 27.9 Å². The molecule has 6 heteroatoms. The maximum atomic E-state index is 12.8. The first kappa shape index (κ1) is 22.0. The van der Waals surface area contributed by atoms with Crippen molar-refractivity contribution in [3.63, 3.8) is 0 Å². The van der Waals surface area contributed by atoms with Crippen LogP contribution in [0.15, 0.2) is 30.3 Å². The third-order valence-electron chi connectivity index (χ3n) is 5.11. The number of hydrogen-bond donors (Lipinski definition) is 0. The number of nitrogens with zero attached hydrogens (tertiary/aromatic N) is 1. The van der Waals surface area contributed by atoms with E-state index < -0.39 is 5.60 Å². The summed E-state index contributed by atoms with van der Waals surface area (Å²) >= 11 is 12.4. The van der Waals surface area contributed by atoms with Crippen LogP contribution in [0.3, 0.4) is 0 Å². The molecular formula is C21H24Cl3NO2. The Morgan fingerprint density at radius 3 is 2.37 bits per heavy atom. The van der Waals surface area contributed by atoms with Crippen molar-refractivity contribution in [3.05, 3.63) is 68.2 Å². The number of carbonyl (C=O) groups is 1. The highest BCUT2D eigenvalue weighted by Crippen LogP contribution is 2.41. The van der Waals surface area contributed by atoms with Crippen LogP contribution in [0.5, 0.6) is 0 Å². The molecule has 0 amide bonds. The van der Waals surface area contributed by atoms with Gasteiger partial charge in [0.2, 0.25) is 0 Å². The number of ether oxygens (including phenoxy) is 1. The van der Waals surface area contributed by atoms with Gasteiger partial charge in [0, 0.05) is 19.4 Å². The summed E-state index contributed by atoms with van der Waals surface area (Å²) in [7, 11) is 4.02. The standard InChI is InChI=1S/C21H23Cl2NO2.ClH/c1-13-9-15-12-21(7-8-24(3)4,16-5-6-18(22)19(23)11-16)26-20(25)17(15)10-14(13)2;/h5-6,9-11H,7-8,12H2,1-4H3;1H. The molecule has 0 N–H and O–H groups in total. The molecule has 146 valence electrons. The third kappa shape index (κ3) is 4.43. The molecule has 1 aliphatic rings. The number of benzene rings is 2. The Hall–Kier alpha value is -1.26. The van der Waals surface area contributed by atoms with Gasteiger partial charge >= 0.3 is 5.97 Å². The van der Waals surface area contributed by atoms with E-state index in [1.807, 2.05) is 39.2 Å². The maximum Gasteiger partial charge on any atom is 0.339 e. The zero-order chi connectivity index (χ0) is 19.1. The molecule has 2 aromatic rings. The highest BCUT2D eigenvalue weighted by Gasteiger charge is 2.42. The van der Waals surface area contributed by atoms with Crippen LogP contribution in [-0.2, 0) is 16.8 Å². The molecule has 1 aliphatic heterocycles. The summed E-state index contributed by atoms with van der Waals surface area (Å²) in [5, 5.41) is 0.961. The number of esters is 1. The van der Waals surface area contributed by atoms with E-state index in [1.165, 1.54) is 5.56 Å². The Labute approximate surface area is 177 Å². The Morgan fingerprint density at radius 1 is 1.07 bits per heavy atom. The lowest BCUT2D eigenvalue weighted by atomic mass is 9.80. The molecule has 3 nitrogen and oxygen atoms in total. The molecular weight excluding hydrogens is 405 g/mol. The van der Waals surface area contributed by atoms with Crippen molar-refractivity contribution in [1.29, 1.82) is 0 Å². The van der Waals surface area contributed by atoms with E-state index in [0.717, 1.165) is 23.2 Å². The van der Waals surface area contributed by atoms with Gasteiger partial charge in [-0.05, 0) is 68.4 Å². The lowest BCUT2D eigenvalue weighted by Gasteiger charge is -2.39. The summed E-state index contributed by atoms with van der Waals surface area (Å²) < 4.78 is 6.06. The topological polar surface area (TPSA) is 29.5 Å². The Kier molecular flexibility index (Phi) is 6.86. The zero-order valence-electron chi connectivity index (χ0n) is 15.9. The van der Waals surface area contributed by atoms with Gasteiger partial charge in [-0.1, -0.05) is 35.3 Å². The molecule has 1 unspecified atom stereocenters. The fourth-order valence-electron chi connectivity index (χ4n) is 3.42. The van der Waals surface area contributed by atoms with E-state index in [2.05, 4.69) is 17.9 Å². The van der Waals surface area contributed by atoms with Crippen LogP contribution in [0.25, 0.3) is 0 Å². The number of rotatable bonds is 4. The second-order valence-electron chi connectivity index (χ2n) is 7.34. The minimum absolute atomic E-state index is 0. The van der Waals surface area contributed by atoms with Gasteiger partial charge in [0.05, 0.1) is 15.6 Å². The van der Waals surface area contributed by atoms with Crippen molar-refractivity contribution >= 4 is 41.6 Å². The predicted molar refractivity (Wildman–Crippen MR) is 114 cm³/mol. The van der Waals surface area contributed by atoms with E-state index >= 15 is 0 Å². The molecule has 0 saturated carbocycles. The predicted octanol–water partition coefficient (Wildman–Crippen LogP) is 5.59. The fourth-order valence-corrected chi connectivity index (χ4v) is 3.71. The fraction of sp³-hybridized carbons (Fsp3) is 0.381. The summed E-state index contributed by atoms with van der Waals surface area (Å²) in [5.41, 5.74) is 4.09. The Morgan fingerprint density at radius 2 is 1.74 bits per heavy atom. The van der Waals surface area contributed by atoms with Crippen LogP contribution in [-0.4, -0.2) is 31.5 Å². The molecule has 27 heavy (non-hydrogen) atoms. The molecule has 0 aliphatic carbocycles. The number of fused-ring (bicyclic) bond motifs is 1. The SMILES string of the molecule is Cc1cc2c(cc1C)C(=O)OC(CCN(C)C)(c1ccc(Cl)c(Cl)c1)C2.Cl. The van der Waals surface area contributed by atoms with E-state index in [1.54, 1.807) is 6.07 Å². The van der Waals surface area contributed by atoms with Crippen LogP contribution in [0.4, 0.5) is 0 Å². The number of carbonyl (C=O) groups excluding carboxylic acids is 1. The van der Waals surface area contributed by atoms with Gasteiger partial charge in [-0.2, -0.15) is 0 Å². The lowest BCUT2D eigenvalue weighted by Crippen LogP contribution is -2.41. The molecule has 0 radical (unpaired) electrons. The Balaban J connectivity index is 0.00000261. The van der Waals surface area contributed by atoms with Gasteiger partial charge in [-0.15, -0.1) is 12.4 Å². The molecule has 0 spiro atoms. The van der Waals surface area contributed by atoms with Gasteiger partial charge < -0.3 is 9.64 Å². The average Bonchev–Trinajstić information content (AvgIpc) is 2.57. The van der Waals surface area contributed by atoms with Gasteiger partial charge in [0.25, 0.3) is 0 Å². The normalized spacial score (nSPS) is 18.7. The van der Waals surface area contributed by atoms with E-state index in [-0.39, 0.29) is 18.4 Å². The monoisotopic (exact) mass is 427 g/mol. The lowest BCUT2D eigenvalue weighted by molar-refractivity contribution is -0.0355.